The van der Waals surface area contributed by atoms with E-state index in [9.17, 15) is 82.4 Å². The standard InChI is InChI=1S/C69H110N4O17.C12H17NO2.C11H18O3.C4H11N.C2H6O/c1-18-22-36-70-55(75)51(46(58(78)79)31-35-69(14,15)53(63(86)88-21-4)48(60(82)83)29-32-65(6,7)40-49-42(5)61(84)90-62(49)85)68(12,13)34-30-45-50(57(77)73(56(45)76)38-23-19-2)41-66(8,9)33-28-47(59(80)81)52(67(10,11)20-3)64(87)89-39-37-71-54(74)43-24-26-44(27-25-43)72(16)17;1-13(2)11-7-5-10(6-8-11)12(15)4-3-9-14;1-5-11(3,4)6-8-7(2)9(12)14-10(8)13;1-2-3-4-5;1-2-3/h24-27,42,45-53H,18-23,28-41H2,1-17H3,(H,70,75)(H,71,74)(H,78,79)(H,80,81)(H,82,83);5-8,14H,3-4,9H2,1-2H3;7-8H,5-6H2,1-4H3;2-5H2,1H3;3H,2H2,1H3. The molecule has 0 aliphatic carbocycles. The molecule has 9 N–H and O–H groups in total. The second-order valence-electron chi connectivity index (χ2n) is 39.3. The number of unbranched alkanes of at least 4 members (excludes halogenated alkanes) is 3. The molecule has 29 nitrogen and oxygen atoms in total. The predicted octanol–water partition coefficient (Wildman–Crippen LogP) is 15.2. The average Bonchev–Trinajstić information content (AvgIpc) is 1.68. The van der Waals surface area contributed by atoms with Gasteiger partial charge in [-0.25, -0.2) is 0 Å². The Morgan fingerprint density at radius 3 is 1.28 bits per heavy atom. The van der Waals surface area contributed by atoms with Crippen LogP contribution in [0, 0.1) is 104 Å². The maximum absolute atomic E-state index is 14.7. The molecule has 3 saturated heterocycles. The van der Waals surface area contributed by atoms with E-state index in [1.807, 2.05) is 137 Å². The summed E-state index contributed by atoms with van der Waals surface area (Å²) in [4.78, 5) is 189. The number of carbonyl (C=O) groups is 14. The van der Waals surface area contributed by atoms with E-state index in [0.717, 1.165) is 37.2 Å². The number of hydrogen-bond acceptors (Lipinski definition) is 23. The third-order valence-corrected chi connectivity index (χ3v) is 25.7. The number of hydrogen-bond donors (Lipinski definition) is 8. The van der Waals surface area contributed by atoms with Gasteiger partial charge in [0.05, 0.1) is 84.2 Å². The number of aliphatic carboxylic acids is 3. The van der Waals surface area contributed by atoms with Crippen LogP contribution >= 0.6 is 0 Å². The number of anilines is 2. The number of cyclic esters (lactones) is 4. The van der Waals surface area contributed by atoms with Crippen molar-refractivity contribution in [1.82, 2.24) is 15.5 Å². The maximum Gasteiger partial charge on any atom is 0.317 e. The normalized spacial score (nSPS) is 18.6. The van der Waals surface area contributed by atoms with Gasteiger partial charge in [-0.15, -0.1) is 0 Å². The number of nitrogens with zero attached hydrogens (tertiary/aromatic N) is 3. The van der Waals surface area contributed by atoms with E-state index >= 15 is 0 Å². The molecule has 12 unspecified atom stereocenters. The van der Waals surface area contributed by atoms with Gasteiger partial charge in [0.15, 0.2) is 5.78 Å². The molecule has 0 radical (unpaired) electrons. The van der Waals surface area contributed by atoms with E-state index in [0.29, 0.717) is 49.7 Å². The lowest BCUT2D eigenvalue weighted by atomic mass is 9.63. The topological polar surface area (TPSA) is 437 Å². The van der Waals surface area contributed by atoms with Crippen LogP contribution in [-0.2, 0) is 76.5 Å². The van der Waals surface area contributed by atoms with Crippen molar-refractivity contribution < 1.29 is 112 Å². The number of ether oxygens (including phenoxy) is 4. The smallest absolute Gasteiger partial charge is 0.317 e. The number of nitrogens with one attached hydrogen (secondary N) is 2. The lowest BCUT2D eigenvalue weighted by molar-refractivity contribution is -0.164. The zero-order chi connectivity index (χ0) is 97.5. The molecule has 29 heteroatoms. The summed E-state index contributed by atoms with van der Waals surface area (Å²) >= 11 is 0. The van der Waals surface area contributed by atoms with Gasteiger partial charge in [0.2, 0.25) is 17.7 Å². The van der Waals surface area contributed by atoms with Crippen molar-refractivity contribution in [1.29, 1.82) is 0 Å². The number of ketones is 1. The van der Waals surface area contributed by atoms with Crippen LogP contribution in [0.4, 0.5) is 11.4 Å². The molecule has 2 aromatic rings. The van der Waals surface area contributed by atoms with Gasteiger partial charge >= 0.3 is 53.7 Å². The van der Waals surface area contributed by atoms with Crippen molar-refractivity contribution in [3.05, 3.63) is 59.7 Å². The van der Waals surface area contributed by atoms with Crippen molar-refractivity contribution in [2.24, 2.45) is 109 Å². The molecule has 3 aliphatic rings. The number of amides is 4. The van der Waals surface area contributed by atoms with E-state index in [1.54, 1.807) is 67.5 Å². The fourth-order valence-electron chi connectivity index (χ4n) is 16.7. The second kappa shape index (κ2) is 55.4. The van der Waals surface area contributed by atoms with Gasteiger partial charge in [-0.1, -0.05) is 164 Å². The van der Waals surface area contributed by atoms with E-state index < -0.39 is 134 Å². The summed E-state index contributed by atoms with van der Waals surface area (Å²) in [6, 6.07) is 14.5. The second-order valence-corrected chi connectivity index (χ2v) is 39.3. The van der Waals surface area contributed by atoms with Crippen molar-refractivity contribution >= 4 is 94.5 Å². The molecule has 2 aromatic carbocycles. The van der Waals surface area contributed by atoms with Crippen LogP contribution in [-0.4, -0.2) is 194 Å². The van der Waals surface area contributed by atoms with E-state index in [1.165, 1.54) is 17.7 Å². The Balaban J connectivity index is 0.00000177. The first-order chi connectivity index (χ1) is 59.1. The number of rotatable bonds is 51. The summed E-state index contributed by atoms with van der Waals surface area (Å²) in [6.45, 7) is 40.2. The number of likely N-dealkylation sites (tertiary alicyclic amines) is 1. The SMILES string of the molecule is CCC(C)(C)CC1C(=O)OC(=O)C1C.CCCCN.CCCCNC(=O)C(C(CCC(C)(C)C(C(=O)OCC)C(CCC(C)(C)CC1C(=O)OC(=O)C1C)C(=O)O)C(=O)O)C(C)(C)CCC1C(=O)N(CCCC)C(=O)C1CC(C)(C)CCC(C(=O)O)C(C(=O)OCCNC(=O)c1ccc(N(C)C)cc1)C(C)(C)CC.CCO.CN(C)c1ccc(C(=O)CCCO)cc1. The first kappa shape index (κ1) is 116. The van der Waals surface area contributed by atoms with Crippen LogP contribution in [0.1, 0.15) is 301 Å². The number of esters is 6. The molecule has 127 heavy (non-hydrogen) atoms. The fraction of sp³-hybridized carbons (Fsp3) is 0.735. The van der Waals surface area contributed by atoms with Gasteiger partial charge in [0.1, 0.15) is 6.61 Å². The third-order valence-electron chi connectivity index (χ3n) is 25.7. The zero-order valence-corrected chi connectivity index (χ0v) is 81.6. The molecule has 12 atom stereocenters. The van der Waals surface area contributed by atoms with E-state index in [-0.39, 0.29) is 163 Å². The molecule has 3 heterocycles. The number of imide groups is 1. The Morgan fingerprint density at radius 1 is 0.480 bits per heavy atom. The van der Waals surface area contributed by atoms with Crippen molar-refractivity contribution in [2.45, 2.75) is 280 Å². The molecule has 3 fully saturated rings. The molecule has 722 valence electrons. The first-order valence-electron chi connectivity index (χ1n) is 46.0. The van der Waals surface area contributed by atoms with Crippen molar-refractivity contribution in [3.63, 3.8) is 0 Å². The summed E-state index contributed by atoms with van der Waals surface area (Å²) in [6.07, 6.45) is 8.97. The minimum Gasteiger partial charge on any atom is -0.481 e. The largest absolute Gasteiger partial charge is 0.481 e. The number of carboxylic acid groups (broad SMARTS) is 3. The fourth-order valence-corrected chi connectivity index (χ4v) is 16.7. The Bertz CT molecular complexity index is 3830. The highest BCUT2D eigenvalue weighted by Crippen LogP contribution is 2.50. The van der Waals surface area contributed by atoms with Crippen molar-refractivity contribution in [3.8, 4) is 0 Å². The molecule has 0 aromatic heterocycles. The summed E-state index contributed by atoms with van der Waals surface area (Å²) in [5.41, 5.74) is 3.71. The van der Waals surface area contributed by atoms with Crippen LogP contribution in [0.3, 0.4) is 0 Å². The Hall–Kier alpha value is -8.70. The predicted molar refractivity (Wildman–Crippen MR) is 491 cm³/mol. The molecule has 4 amide bonds. The van der Waals surface area contributed by atoms with Gasteiger partial charge < -0.3 is 70.6 Å². The molecule has 3 aliphatic heterocycles. The minimum absolute atomic E-state index is 0.0102. The van der Waals surface area contributed by atoms with Crippen LogP contribution in [0.5, 0.6) is 0 Å². The molecule has 0 saturated carbocycles. The number of aliphatic hydroxyl groups is 2. The van der Waals surface area contributed by atoms with E-state index in [4.69, 9.17) is 30.2 Å². The van der Waals surface area contributed by atoms with Gasteiger partial charge in [0.25, 0.3) is 5.91 Å². The first-order valence-corrected chi connectivity index (χ1v) is 46.0. The number of Topliss-reactive ketones (excluding diaryl/α,β-unsaturated/α-hetero) is 1. The van der Waals surface area contributed by atoms with Gasteiger partial charge in [-0.05, 0) is 198 Å². The Kier molecular flexibility index (Phi) is 50.7. The lowest BCUT2D eigenvalue weighted by Crippen LogP contribution is -2.47. The summed E-state index contributed by atoms with van der Waals surface area (Å²) in [5.74, 6) is -19.9. The van der Waals surface area contributed by atoms with Crippen LogP contribution in [0.25, 0.3) is 0 Å². The zero-order valence-electron chi connectivity index (χ0n) is 81.6. The molecule has 0 bridgehead atoms. The summed E-state index contributed by atoms with van der Waals surface area (Å²) in [7, 11) is 7.69. The average molecular weight is 1790 g/mol. The Labute approximate surface area is 757 Å². The number of carboxylic acids is 3. The van der Waals surface area contributed by atoms with Crippen LogP contribution in [0.2, 0.25) is 0 Å². The summed E-state index contributed by atoms with van der Waals surface area (Å²) in [5, 5.41) is 54.8. The quantitative estimate of drug-likeness (QED) is 0.00761. The van der Waals surface area contributed by atoms with Crippen LogP contribution < -0.4 is 26.2 Å². The van der Waals surface area contributed by atoms with Crippen LogP contribution in [0.15, 0.2) is 48.5 Å². The highest BCUT2D eigenvalue weighted by Gasteiger charge is 2.54. The number of carbonyl (C=O) groups excluding carboxylic acids is 11. The number of benzene rings is 2. The number of nitrogens with two attached hydrogens (primary N) is 1. The molecule has 5 rings (SSSR count). The maximum atomic E-state index is 14.7. The van der Waals surface area contributed by atoms with Gasteiger partial charge in [0, 0.05) is 83.4 Å². The Morgan fingerprint density at radius 2 is 0.890 bits per heavy atom. The number of aliphatic hydroxyl groups excluding tert-OH is 2. The molecule has 0 spiro atoms. The van der Waals surface area contributed by atoms with Gasteiger partial charge in [-0.2, -0.15) is 0 Å². The molecular formula is C98H162N6O23. The van der Waals surface area contributed by atoms with Gasteiger partial charge in [-0.3, -0.25) is 72.0 Å². The molecular weight excluding hydrogens is 1630 g/mol. The van der Waals surface area contributed by atoms with E-state index in [2.05, 4.69) is 43.1 Å². The highest BCUT2D eigenvalue weighted by molar-refractivity contribution is 6.05. The third kappa shape index (κ3) is 37.7. The lowest BCUT2D eigenvalue weighted by Gasteiger charge is -2.41. The summed E-state index contributed by atoms with van der Waals surface area (Å²) < 4.78 is 20.7. The minimum atomic E-state index is -1.38. The monoisotopic (exact) mass is 1790 g/mol. The van der Waals surface area contributed by atoms with Crippen molar-refractivity contribution in [2.75, 3.05) is 90.6 Å². The highest BCUT2D eigenvalue weighted by atomic mass is 16.6.